The third-order valence-corrected chi connectivity index (χ3v) is 1.49. The second kappa shape index (κ2) is 5.31. The zero-order valence-corrected chi connectivity index (χ0v) is 10.4. The number of hydrogen-bond acceptors (Lipinski definition) is 3. The standard InChI is InChI=1S/C6H8O3.I2/c1-3-4(2)6(8)9-5(3)7;1-2/h5,7H,1-2H3;. The van der Waals surface area contributed by atoms with Gasteiger partial charge in [-0.15, -0.1) is 0 Å². The normalized spacial score (nSPS) is 22.6. The van der Waals surface area contributed by atoms with Crippen LogP contribution in [0.5, 0.6) is 0 Å². The number of esters is 1. The summed E-state index contributed by atoms with van der Waals surface area (Å²) in [4.78, 5) is 10.6. The molecule has 1 rings (SSSR count). The Labute approximate surface area is 88.5 Å². The first-order valence-electron chi connectivity index (χ1n) is 2.83. The Morgan fingerprint density at radius 2 is 1.91 bits per heavy atom. The van der Waals surface area contributed by atoms with Crippen LogP contribution in [0.25, 0.3) is 0 Å². The summed E-state index contributed by atoms with van der Waals surface area (Å²) >= 11 is 4.24. The number of carbonyl (C=O) groups is 1. The van der Waals surface area contributed by atoms with E-state index in [1.165, 1.54) is 0 Å². The quantitative estimate of drug-likeness (QED) is 0.515. The van der Waals surface area contributed by atoms with Crippen molar-refractivity contribution in [1.29, 1.82) is 0 Å². The molecular weight excluding hydrogens is 374 g/mol. The molecule has 1 unspecified atom stereocenters. The second-order valence-electron chi connectivity index (χ2n) is 2.07. The van der Waals surface area contributed by atoms with Crippen LogP contribution in [0.2, 0.25) is 0 Å². The van der Waals surface area contributed by atoms with Gasteiger partial charge in [-0.3, -0.25) is 0 Å². The van der Waals surface area contributed by atoms with Crippen molar-refractivity contribution >= 4 is 43.2 Å². The molecule has 1 N–H and O–H groups in total. The summed E-state index contributed by atoms with van der Waals surface area (Å²) in [6.07, 6.45) is -1.00. The predicted molar refractivity (Wildman–Crippen MR) is 58.5 cm³/mol. The maximum atomic E-state index is 10.6. The molecule has 0 spiro atoms. The smallest absolute Gasteiger partial charge is 0.336 e. The maximum absolute atomic E-state index is 10.6. The highest BCUT2D eigenvalue weighted by Gasteiger charge is 2.25. The first-order valence-corrected chi connectivity index (χ1v) is 9.12. The van der Waals surface area contributed by atoms with Gasteiger partial charge in [0, 0.05) is 48.4 Å². The van der Waals surface area contributed by atoms with Gasteiger partial charge >= 0.3 is 5.97 Å². The van der Waals surface area contributed by atoms with Gasteiger partial charge in [-0.25, -0.2) is 4.79 Å². The number of ether oxygens (including phenoxy) is 1. The van der Waals surface area contributed by atoms with Gasteiger partial charge < -0.3 is 9.84 Å². The molecule has 0 bridgehead atoms. The molecule has 11 heavy (non-hydrogen) atoms. The van der Waals surface area contributed by atoms with E-state index in [0.29, 0.717) is 11.1 Å². The Kier molecular flexibility index (Phi) is 5.61. The molecule has 0 fully saturated rings. The number of cyclic esters (lactones) is 1. The summed E-state index contributed by atoms with van der Waals surface area (Å²) in [6.45, 7) is 3.30. The van der Waals surface area contributed by atoms with Crippen molar-refractivity contribution in [3.63, 3.8) is 0 Å². The van der Waals surface area contributed by atoms with Crippen LogP contribution in [-0.4, -0.2) is 17.4 Å². The van der Waals surface area contributed by atoms with E-state index in [9.17, 15) is 4.79 Å². The molecular formula is C6H8I2O3. The van der Waals surface area contributed by atoms with Crippen molar-refractivity contribution in [2.24, 2.45) is 0 Å². The lowest BCUT2D eigenvalue weighted by molar-refractivity contribution is -0.151. The van der Waals surface area contributed by atoms with Crippen molar-refractivity contribution in [2.45, 2.75) is 20.1 Å². The highest BCUT2D eigenvalue weighted by Crippen LogP contribution is 2.18. The van der Waals surface area contributed by atoms with Gasteiger partial charge in [-0.1, -0.05) is 0 Å². The van der Waals surface area contributed by atoms with Crippen molar-refractivity contribution in [2.75, 3.05) is 0 Å². The molecule has 0 aromatic carbocycles. The zero-order valence-electron chi connectivity index (χ0n) is 6.10. The Hall–Kier alpha value is 0.630. The number of hydrogen-bond donors (Lipinski definition) is 1. The topological polar surface area (TPSA) is 46.5 Å². The van der Waals surface area contributed by atoms with E-state index >= 15 is 0 Å². The number of aliphatic hydroxyl groups is 1. The highest BCUT2D eigenvalue weighted by atomic mass is 128. The molecule has 1 heterocycles. The molecule has 0 amide bonds. The van der Waals surface area contributed by atoms with Gasteiger partial charge in [0.1, 0.15) is 0 Å². The van der Waals surface area contributed by atoms with Crippen molar-refractivity contribution in [3.8, 4) is 0 Å². The fourth-order valence-electron chi connectivity index (χ4n) is 0.624. The average Bonchev–Trinajstić information content (AvgIpc) is 2.22. The minimum Gasteiger partial charge on any atom is -0.428 e. The number of halogens is 2. The van der Waals surface area contributed by atoms with Crippen LogP contribution in [0.3, 0.4) is 0 Å². The van der Waals surface area contributed by atoms with Crippen molar-refractivity contribution in [3.05, 3.63) is 11.1 Å². The second-order valence-corrected chi connectivity index (χ2v) is 2.07. The minimum absolute atomic E-state index is 0.417. The van der Waals surface area contributed by atoms with E-state index in [4.69, 9.17) is 5.11 Å². The summed E-state index contributed by atoms with van der Waals surface area (Å²) in [5.74, 6) is -0.417. The molecule has 64 valence electrons. The molecule has 0 aromatic heterocycles. The fourth-order valence-corrected chi connectivity index (χ4v) is 0.624. The first kappa shape index (κ1) is 11.6. The van der Waals surface area contributed by atoms with E-state index in [2.05, 4.69) is 42.0 Å². The first-order chi connectivity index (χ1) is 5.13. The third kappa shape index (κ3) is 2.86. The van der Waals surface area contributed by atoms with Crippen LogP contribution in [-0.2, 0) is 9.53 Å². The molecule has 1 aliphatic heterocycles. The Bertz CT molecular complexity index is 188. The molecule has 0 saturated heterocycles. The van der Waals surface area contributed by atoms with Crippen LogP contribution < -0.4 is 0 Å². The summed E-state index contributed by atoms with van der Waals surface area (Å²) in [5.41, 5.74) is 1.13. The van der Waals surface area contributed by atoms with Crippen LogP contribution in [0.1, 0.15) is 13.8 Å². The third-order valence-electron chi connectivity index (χ3n) is 1.49. The van der Waals surface area contributed by atoms with Gasteiger partial charge in [0.2, 0.25) is 6.29 Å². The lowest BCUT2D eigenvalue weighted by Crippen LogP contribution is -2.07. The summed E-state index contributed by atoms with van der Waals surface area (Å²) in [6, 6.07) is 0. The zero-order chi connectivity index (χ0) is 9.02. The van der Waals surface area contributed by atoms with E-state index < -0.39 is 12.3 Å². The molecule has 0 aromatic rings. The van der Waals surface area contributed by atoms with E-state index in [1.807, 2.05) is 0 Å². The number of rotatable bonds is 0. The van der Waals surface area contributed by atoms with Crippen molar-refractivity contribution < 1.29 is 14.6 Å². The Morgan fingerprint density at radius 3 is 2.00 bits per heavy atom. The Balaban J connectivity index is 0.000000461. The molecule has 3 nitrogen and oxygen atoms in total. The monoisotopic (exact) mass is 382 g/mol. The number of carbonyl (C=O) groups excluding carboxylic acids is 1. The van der Waals surface area contributed by atoms with Gasteiger partial charge in [-0.2, -0.15) is 0 Å². The maximum Gasteiger partial charge on any atom is 0.336 e. The summed E-state index contributed by atoms with van der Waals surface area (Å²) in [5, 5.41) is 8.84. The SMILES string of the molecule is CC1=C(C)C(O)OC1=O.II. The van der Waals surface area contributed by atoms with Crippen LogP contribution in [0.15, 0.2) is 11.1 Å². The molecule has 0 radical (unpaired) electrons. The highest BCUT2D eigenvalue weighted by molar-refractivity contribution is 15.0. The number of aliphatic hydroxyl groups excluding tert-OH is 1. The molecule has 5 heteroatoms. The summed E-state index contributed by atoms with van der Waals surface area (Å²) < 4.78 is 4.43. The molecule has 1 aliphatic rings. The van der Waals surface area contributed by atoms with Gasteiger partial charge in [0.15, 0.2) is 0 Å². The van der Waals surface area contributed by atoms with E-state index in [1.54, 1.807) is 13.8 Å². The molecule has 0 saturated carbocycles. The Morgan fingerprint density at radius 1 is 1.45 bits per heavy atom. The summed E-state index contributed by atoms with van der Waals surface area (Å²) in [7, 11) is 0. The predicted octanol–water partition coefficient (Wildman–Crippen LogP) is 1.97. The largest absolute Gasteiger partial charge is 0.428 e. The van der Waals surface area contributed by atoms with Gasteiger partial charge in [0.05, 0.1) is 0 Å². The van der Waals surface area contributed by atoms with Crippen LogP contribution in [0.4, 0.5) is 0 Å². The van der Waals surface area contributed by atoms with E-state index in [0.717, 1.165) is 0 Å². The minimum atomic E-state index is -1.00. The van der Waals surface area contributed by atoms with E-state index in [-0.39, 0.29) is 0 Å². The lowest BCUT2D eigenvalue weighted by atomic mass is 10.2. The van der Waals surface area contributed by atoms with Crippen LogP contribution in [0, 0.1) is 0 Å². The van der Waals surface area contributed by atoms with Crippen molar-refractivity contribution in [1.82, 2.24) is 0 Å². The lowest BCUT2D eigenvalue weighted by Gasteiger charge is -1.99. The van der Waals surface area contributed by atoms with Crippen LogP contribution >= 0.6 is 37.2 Å². The fraction of sp³-hybridized carbons (Fsp3) is 0.500. The van der Waals surface area contributed by atoms with Gasteiger partial charge in [-0.05, 0) is 13.8 Å². The molecule has 1 atom stereocenters. The van der Waals surface area contributed by atoms with Gasteiger partial charge in [0.25, 0.3) is 0 Å². The average molecular weight is 382 g/mol. The molecule has 0 aliphatic carbocycles.